The highest BCUT2D eigenvalue weighted by Crippen LogP contribution is 2.39. The summed E-state index contributed by atoms with van der Waals surface area (Å²) in [6, 6.07) is 0.590. The zero-order chi connectivity index (χ0) is 15.9. The number of aromatic nitrogens is 2. The molecule has 3 rings (SSSR count). The van der Waals surface area contributed by atoms with Gasteiger partial charge in [0.05, 0.1) is 16.4 Å². The lowest BCUT2D eigenvalue weighted by Gasteiger charge is -2.45. The standard InChI is InChI=1S/C16H25ClN4O/c1-9-15(17)10(2)21(20-9)8-14(22)19-16-11-4-3-5-12(16)7-13(18)6-11/h11-13,16H,3-8,18H2,1-2H3,(H,19,22). The van der Waals surface area contributed by atoms with Crippen LogP contribution in [0.4, 0.5) is 0 Å². The van der Waals surface area contributed by atoms with Gasteiger partial charge in [0, 0.05) is 12.1 Å². The molecule has 2 atom stereocenters. The lowest BCUT2D eigenvalue weighted by Crippen LogP contribution is -2.54. The van der Waals surface area contributed by atoms with E-state index in [2.05, 4.69) is 10.4 Å². The molecule has 2 saturated carbocycles. The molecule has 122 valence electrons. The Labute approximate surface area is 136 Å². The Morgan fingerprint density at radius 2 is 2.00 bits per heavy atom. The van der Waals surface area contributed by atoms with E-state index in [-0.39, 0.29) is 18.5 Å². The summed E-state index contributed by atoms with van der Waals surface area (Å²) in [4.78, 5) is 12.4. The van der Waals surface area contributed by atoms with Crippen LogP contribution in [0.25, 0.3) is 0 Å². The highest BCUT2D eigenvalue weighted by atomic mass is 35.5. The second-order valence-electron chi connectivity index (χ2n) is 6.92. The van der Waals surface area contributed by atoms with Crippen molar-refractivity contribution in [2.24, 2.45) is 17.6 Å². The molecule has 22 heavy (non-hydrogen) atoms. The molecular formula is C16H25ClN4O. The summed E-state index contributed by atoms with van der Waals surface area (Å²) in [6.07, 6.45) is 5.70. The molecule has 0 radical (unpaired) electrons. The predicted octanol–water partition coefficient (Wildman–Crippen LogP) is 2.18. The molecule has 6 heteroatoms. The molecule has 2 bridgehead atoms. The first-order valence-electron chi connectivity index (χ1n) is 8.20. The van der Waals surface area contributed by atoms with Crippen molar-refractivity contribution < 1.29 is 4.79 Å². The second-order valence-corrected chi connectivity index (χ2v) is 7.30. The largest absolute Gasteiger partial charge is 0.351 e. The minimum atomic E-state index is 0.0274. The third kappa shape index (κ3) is 3.01. The molecule has 1 amide bonds. The van der Waals surface area contributed by atoms with Crippen LogP contribution in [-0.4, -0.2) is 27.8 Å². The van der Waals surface area contributed by atoms with Crippen molar-refractivity contribution in [3.8, 4) is 0 Å². The smallest absolute Gasteiger partial charge is 0.241 e. The van der Waals surface area contributed by atoms with Crippen molar-refractivity contribution >= 4 is 17.5 Å². The van der Waals surface area contributed by atoms with Crippen molar-refractivity contribution in [3.05, 3.63) is 16.4 Å². The Morgan fingerprint density at radius 3 is 2.55 bits per heavy atom. The van der Waals surface area contributed by atoms with Crippen LogP contribution in [0.5, 0.6) is 0 Å². The molecule has 2 aliphatic rings. The summed E-state index contributed by atoms with van der Waals surface area (Å²) in [5, 5.41) is 8.23. The number of carbonyl (C=O) groups is 1. The molecule has 2 fully saturated rings. The van der Waals surface area contributed by atoms with Crippen molar-refractivity contribution in [1.29, 1.82) is 0 Å². The van der Waals surface area contributed by atoms with Gasteiger partial charge in [0.2, 0.25) is 5.91 Å². The first-order chi connectivity index (χ1) is 10.5. The van der Waals surface area contributed by atoms with Gasteiger partial charge in [-0.05, 0) is 51.4 Å². The van der Waals surface area contributed by atoms with E-state index in [9.17, 15) is 4.79 Å². The van der Waals surface area contributed by atoms with Crippen LogP contribution in [0.1, 0.15) is 43.5 Å². The van der Waals surface area contributed by atoms with Crippen LogP contribution < -0.4 is 11.1 Å². The molecule has 0 aliphatic heterocycles. The molecule has 2 aliphatic carbocycles. The zero-order valence-corrected chi connectivity index (χ0v) is 14.1. The maximum absolute atomic E-state index is 12.4. The molecule has 2 unspecified atom stereocenters. The summed E-state index contributed by atoms with van der Waals surface area (Å²) < 4.78 is 1.69. The highest BCUT2D eigenvalue weighted by molar-refractivity contribution is 6.31. The lowest BCUT2D eigenvalue weighted by molar-refractivity contribution is -0.124. The van der Waals surface area contributed by atoms with E-state index < -0.39 is 0 Å². The Kier molecular flexibility index (Phi) is 4.46. The number of fused-ring (bicyclic) bond motifs is 2. The monoisotopic (exact) mass is 324 g/mol. The number of aryl methyl sites for hydroxylation is 1. The summed E-state index contributed by atoms with van der Waals surface area (Å²) in [5.74, 6) is 1.10. The number of halogens is 1. The van der Waals surface area contributed by atoms with Crippen LogP contribution in [0, 0.1) is 25.7 Å². The Hall–Kier alpha value is -1.07. The molecule has 0 aromatic carbocycles. The number of nitrogens with two attached hydrogens (primary N) is 1. The van der Waals surface area contributed by atoms with E-state index in [0.29, 0.717) is 22.9 Å². The minimum Gasteiger partial charge on any atom is -0.351 e. The van der Waals surface area contributed by atoms with Gasteiger partial charge in [0.25, 0.3) is 0 Å². The van der Waals surface area contributed by atoms with Crippen LogP contribution in [0.2, 0.25) is 5.02 Å². The SMILES string of the molecule is Cc1nn(CC(=O)NC2C3CCCC2CC(N)C3)c(C)c1Cl. The lowest BCUT2D eigenvalue weighted by atomic mass is 9.67. The Morgan fingerprint density at radius 1 is 1.36 bits per heavy atom. The summed E-state index contributed by atoms with van der Waals surface area (Å²) >= 11 is 6.14. The van der Waals surface area contributed by atoms with Crippen molar-refractivity contribution in [2.45, 2.75) is 64.6 Å². The third-order valence-electron chi connectivity index (χ3n) is 5.29. The fraction of sp³-hybridized carbons (Fsp3) is 0.750. The number of nitrogens with one attached hydrogen (secondary N) is 1. The van der Waals surface area contributed by atoms with Crippen LogP contribution in [0.15, 0.2) is 0 Å². The maximum Gasteiger partial charge on any atom is 0.241 e. The number of amides is 1. The zero-order valence-electron chi connectivity index (χ0n) is 13.3. The average Bonchev–Trinajstić information content (AvgIpc) is 2.67. The fourth-order valence-electron chi connectivity index (χ4n) is 4.22. The van der Waals surface area contributed by atoms with Gasteiger partial charge in [-0.25, -0.2) is 0 Å². The van der Waals surface area contributed by atoms with Gasteiger partial charge in [-0.3, -0.25) is 9.48 Å². The topological polar surface area (TPSA) is 72.9 Å². The van der Waals surface area contributed by atoms with E-state index >= 15 is 0 Å². The molecule has 1 aromatic rings. The van der Waals surface area contributed by atoms with Gasteiger partial charge in [-0.15, -0.1) is 0 Å². The Balaban J connectivity index is 1.65. The van der Waals surface area contributed by atoms with Gasteiger partial charge in [0.15, 0.2) is 0 Å². The van der Waals surface area contributed by atoms with E-state index in [0.717, 1.165) is 24.2 Å². The number of hydrogen-bond acceptors (Lipinski definition) is 3. The van der Waals surface area contributed by atoms with E-state index in [1.54, 1.807) is 4.68 Å². The molecule has 3 N–H and O–H groups in total. The molecule has 1 aromatic heterocycles. The number of hydrogen-bond donors (Lipinski definition) is 2. The van der Waals surface area contributed by atoms with Crippen molar-refractivity contribution in [3.63, 3.8) is 0 Å². The van der Waals surface area contributed by atoms with E-state index in [4.69, 9.17) is 17.3 Å². The van der Waals surface area contributed by atoms with Crippen LogP contribution in [-0.2, 0) is 11.3 Å². The normalized spacial score (nSPS) is 31.1. The predicted molar refractivity (Wildman–Crippen MR) is 86.7 cm³/mol. The first-order valence-corrected chi connectivity index (χ1v) is 8.58. The molecule has 0 spiro atoms. The van der Waals surface area contributed by atoms with Gasteiger partial charge < -0.3 is 11.1 Å². The van der Waals surface area contributed by atoms with E-state index in [1.807, 2.05) is 13.8 Å². The minimum absolute atomic E-state index is 0.0274. The van der Waals surface area contributed by atoms with Gasteiger partial charge >= 0.3 is 0 Å². The number of carbonyl (C=O) groups excluding carboxylic acids is 1. The van der Waals surface area contributed by atoms with Crippen molar-refractivity contribution in [2.75, 3.05) is 0 Å². The van der Waals surface area contributed by atoms with Crippen molar-refractivity contribution in [1.82, 2.24) is 15.1 Å². The van der Waals surface area contributed by atoms with Crippen LogP contribution in [0.3, 0.4) is 0 Å². The number of nitrogens with zero attached hydrogens (tertiary/aromatic N) is 2. The third-order valence-corrected chi connectivity index (χ3v) is 5.84. The van der Waals surface area contributed by atoms with Gasteiger partial charge in [-0.1, -0.05) is 18.0 Å². The van der Waals surface area contributed by atoms with E-state index in [1.165, 1.54) is 19.3 Å². The number of rotatable bonds is 3. The molecular weight excluding hydrogens is 300 g/mol. The Bertz CT molecular complexity index is 557. The first kappa shape index (κ1) is 15.8. The average molecular weight is 325 g/mol. The summed E-state index contributed by atoms with van der Waals surface area (Å²) in [7, 11) is 0. The summed E-state index contributed by atoms with van der Waals surface area (Å²) in [5.41, 5.74) is 7.76. The second kappa shape index (κ2) is 6.20. The fourth-order valence-corrected chi connectivity index (χ4v) is 4.36. The maximum atomic E-state index is 12.4. The molecule has 1 heterocycles. The van der Waals surface area contributed by atoms with Gasteiger partial charge in [-0.2, -0.15) is 5.10 Å². The quantitative estimate of drug-likeness (QED) is 0.895. The highest BCUT2D eigenvalue weighted by Gasteiger charge is 2.39. The molecule has 5 nitrogen and oxygen atoms in total. The van der Waals surface area contributed by atoms with Crippen LogP contribution >= 0.6 is 11.6 Å². The molecule has 0 saturated heterocycles. The van der Waals surface area contributed by atoms with Gasteiger partial charge in [0.1, 0.15) is 6.54 Å². The summed E-state index contributed by atoms with van der Waals surface area (Å²) in [6.45, 7) is 3.99.